The number of fused-ring (bicyclic) bond motifs is 2. The highest BCUT2D eigenvalue weighted by Gasteiger charge is 2.50. The third-order valence-corrected chi connectivity index (χ3v) is 6.37. The highest BCUT2D eigenvalue weighted by atomic mass is 16.4. The number of carbonyl (C=O) groups excluding carboxylic acids is 2. The summed E-state index contributed by atoms with van der Waals surface area (Å²) >= 11 is 0. The number of piperazine rings is 1. The van der Waals surface area contributed by atoms with Gasteiger partial charge < -0.3 is 19.7 Å². The van der Waals surface area contributed by atoms with Crippen LogP contribution < -0.4 is 10.0 Å². The summed E-state index contributed by atoms with van der Waals surface area (Å²) in [5, 5.41) is 11.5. The molecule has 5 heteroatoms. The fraction of sp³-hybridized carbons (Fsp3) is 0.524. The van der Waals surface area contributed by atoms with Crippen LogP contribution in [0.2, 0.25) is 0 Å². The first kappa shape index (κ1) is 17.3. The molecule has 2 fully saturated rings. The molecule has 3 aliphatic rings. The van der Waals surface area contributed by atoms with E-state index in [9.17, 15) is 14.7 Å². The van der Waals surface area contributed by atoms with Crippen LogP contribution >= 0.6 is 0 Å². The standard InChI is InChI=1S/C21H26N2O3/c1-14-2-4-15(5-3-14)13-22-8-10-23(11-9-22)20(24)18-16-6-7-17(12-16)19(18)21(25)26/h2-7,16-19H,8-13H2,1H3,(H,25,26)/t16-,17-,18-,19+/m1/s1. The van der Waals surface area contributed by atoms with Gasteiger partial charge in [0.2, 0.25) is 5.91 Å². The van der Waals surface area contributed by atoms with E-state index in [2.05, 4.69) is 31.2 Å². The van der Waals surface area contributed by atoms with Gasteiger partial charge in [0.15, 0.2) is 0 Å². The van der Waals surface area contributed by atoms with E-state index in [1.54, 1.807) is 0 Å². The number of carbonyl (C=O) groups is 2. The van der Waals surface area contributed by atoms with Crippen LogP contribution in [0.1, 0.15) is 17.5 Å². The van der Waals surface area contributed by atoms with Crippen molar-refractivity contribution >= 4 is 11.9 Å². The van der Waals surface area contributed by atoms with Crippen LogP contribution in [0.15, 0.2) is 36.4 Å². The van der Waals surface area contributed by atoms with Crippen molar-refractivity contribution in [3.8, 4) is 0 Å². The Hall–Kier alpha value is -2.14. The van der Waals surface area contributed by atoms with Crippen molar-refractivity contribution in [3.05, 3.63) is 47.5 Å². The molecule has 2 aliphatic carbocycles. The molecule has 0 radical (unpaired) electrons. The molecule has 1 aromatic carbocycles. The molecule has 1 aromatic rings. The minimum atomic E-state index is -1.07. The maximum absolute atomic E-state index is 13.0. The highest BCUT2D eigenvalue weighted by Crippen LogP contribution is 2.48. The van der Waals surface area contributed by atoms with Gasteiger partial charge in [0.05, 0.1) is 32.1 Å². The van der Waals surface area contributed by atoms with E-state index in [4.69, 9.17) is 0 Å². The molecule has 0 aromatic heterocycles. The van der Waals surface area contributed by atoms with Gasteiger partial charge in [-0.1, -0.05) is 42.0 Å². The minimum Gasteiger partial charge on any atom is -0.550 e. The zero-order valence-corrected chi connectivity index (χ0v) is 15.2. The number of aliphatic carboxylic acids is 1. The minimum absolute atomic E-state index is 0.0189. The number of rotatable bonds is 4. The summed E-state index contributed by atoms with van der Waals surface area (Å²) in [5.74, 6) is -2.06. The largest absolute Gasteiger partial charge is 0.550 e. The van der Waals surface area contributed by atoms with E-state index >= 15 is 0 Å². The fourth-order valence-corrected chi connectivity index (χ4v) is 4.91. The van der Waals surface area contributed by atoms with E-state index in [0.717, 1.165) is 26.1 Å². The Labute approximate surface area is 154 Å². The maximum Gasteiger partial charge on any atom is 0.227 e. The number of amides is 1. The first-order valence-electron chi connectivity index (χ1n) is 9.60. The lowest BCUT2D eigenvalue weighted by Gasteiger charge is -2.37. The third-order valence-electron chi connectivity index (χ3n) is 6.37. The number of aryl methyl sites for hydroxylation is 1. The molecular formula is C21H26N2O3. The van der Waals surface area contributed by atoms with Crippen LogP contribution in [0.3, 0.4) is 0 Å². The van der Waals surface area contributed by atoms with E-state index in [1.165, 1.54) is 16.0 Å². The summed E-state index contributed by atoms with van der Waals surface area (Å²) in [7, 11) is 0. The van der Waals surface area contributed by atoms with Crippen molar-refractivity contribution in [3.63, 3.8) is 0 Å². The molecular weight excluding hydrogens is 328 g/mol. The predicted octanol–water partition coefficient (Wildman–Crippen LogP) is -0.590. The molecule has 138 valence electrons. The number of benzene rings is 1. The predicted molar refractivity (Wildman–Crippen MR) is 94.9 cm³/mol. The van der Waals surface area contributed by atoms with Crippen LogP contribution in [0, 0.1) is 30.6 Å². The Morgan fingerprint density at radius 3 is 2.31 bits per heavy atom. The van der Waals surface area contributed by atoms with Crippen molar-refractivity contribution in [2.24, 2.45) is 23.7 Å². The van der Waals surface area contributed by atoms with Gasteiger partial charge in [0.25, 0.3) is 0 Å². The van der Waals surface area contributed by atoms with Gasteiger partial charge in [-0.05, 0) is 25.2 Å². The molecule has 0 unspecified atom stereocenters. The average molecular weight is 354 g/mol. The lowest BCUT2D eigenvalue weighted by molar-refractivity contribution is -0.917. The van der Waals surface area contributed by atoms with Crippen molar-refractivity contribution in [2.45, 2.75) is 19.9 Å². The van der Waals surface area contributed by atoms with Crippen molar-refractivity contribution in [1.82, 2.24) is 4.90 Å². The molecule has 4 rings (SSSR count). The molecule has 26 heavy (non-hydrogen) atoms. The highest BCUT2D eigenvalue weighted by molar-refractivity contribution is 5.86. The second-order valence-corrected chi connectivity index (χ2v) is 8.06. The normalized spacial score (nSPS) is 30.7. The molecule has 1 saturated heterocycles. The number of carboxylic acids is 1. The molecule has 1 heterocycles. The quantitative estimate of drug-likeness (QED) is 0.735. The molecule has 1 aliphatic heterocycles. The Bertz CT molecular complexity index is 719. The molecule has 1 saturated carbocycles. The van der Waals surface area contributed by atoms with Gasteiger partial charge in [-0.15, -0.1) is 0 Å². The number of allylic oxidation sites excluding steroid dienone is 2. The summed E-state index contributed by atoms with van der Waals surface area (Å²) in [6.45, 7) is 6.29. The van der Waals surface area contributed by atoms with E-state index < -0.39 is 17.8 Å². The van der Waals surface area contributed by atoms with Crippen LogP contribution in [0.5, 0.6) is 0 Å². The smallest absolute Gasteiger partial charge is 0.227 e. The molecule has 1 amide bonds. The lowest BCUT2D eigenvalue weighted by Crippen LogP contribution is -3.13. The monoisotopic (exact) mass is 354 g/mol. The number of nitrogens with one attached hydrogen (secondary N) is 1. The third kappa shape index (κ3) is 3.16. The maximum atomic E-state index is 13.0. The fourth-order valence-electron chi connectivity index (χ4n) is 4.91. The molecule has 2 bridgehead atoms. The number of hydrogen-bond acceptors (Lipinski definition) is 3. The molecule has 1 N–H and O–H groups in total. The average Bonchev–Trinajstić information content (AvgIpc) is 3.25. The van der Waals surface area contributed by atoms with Gasteiger partial charge >= 0.3 is 0 Å². The SMILES string of the molecule is Cc1ccc(C[NH+]2CCN(C(=O)[C@H]3[C@@H](C(=O)[O-])[C@@H]4C=C[C@@H]3C4)CC2)cc1. The summed E-state index contributed by atoms with van der Waals surface area (Å²) in [6, 6.07) is 8.62. The van der Waals surface area contributed by atoms with Crippen molar-refractivity contribution < 1.29 is 19.6 Å². The van der Waals surface area contributed by atoms with Crippen molar-refractivity contribution in [2.75, 3.05) is 26.2 Å². The first-order chi connectivity index (χ1) is 12.5. The Balaban J connectivity index is 1.36. The number of quaternary nitrogens is 1. The summed E-state index contributed by atoms with van der Waals surface area (Å²) in [6.07, 6.45) is 4.78. The lowest BCUT2D eigenvalue weighted by atomic mass is 9.82. The van der Waals surface area contributed by atoms with Gasteiger partial charge in [-0.3, -0.25) is 4.79 Å². The number of carboxylic acid groups (broad SMARTS) is 1. The number of hydrogen-bond donors (Lipinski definition) is 1. The van der Waals surface area contributed by atoms with Crippen LogP contribution in [-0.2, 0) is 16.1 Å². The van der Waals surface area contributed by atoms with Crippen LogP contribution in [0.25, 0.3) is 0 Å². The molecule has 4 atom stereocenters. The molecule has 5 nitrogen and oxygen atoms in total. The summed E-state index contributed by atoms with van der Waals surface area (Å²) in [5.41, 5.74) is 2.59. The van der Waals surface area contributed by atoms with E-state index in [-0.39, 0.29) is 17.7 Å². The van der Waals surface area contributed by atoms with E-state index in [1.807, 2.05) is 17.1 Å². The Kier molecular flexibility index (Phi) is 4.57. The first-order valence-corrected chi connectivity index (χ1v) is 9.60. The Morgan fingerprint density at radius 2 is 1.69 bits per heavy atom. The van der Waals surface area contributed by atoms with Crippen molar-refractivity contribution in [1.29, 1.82) is 0 Å². The molecule has 0 spiro atoms. The van der Waals surface area contributed by atoms with Gasteiger partial charge in [-0.2, -0.15) is 0 Å². The summed E-state index contributed by atoms with van der Waals surface area (Å²) < 4.78 is 0. The van der Waals surface area contributed by atoms with Crippen LogP contribution in [-0.4, -0.2) is 43.0 Å². The zero-order chi connectivity index (χ0) is 18.3. The number of nitrogens with zero attached hydrogens (tertiary/aromatic N) is 1. The summed E-state index contributed by atoms with van der Waals surface area (Å²) in [4.78, 5) is 27.9. The van der Waals surface area contributed by atoms with Gasteiger partial charge in [0, 0.05) is 17.5 Å². The van der Waals surface area contributed by atoms with Gasteiger partial charge in [-0.25, -0.2) is 0 Å². The van der Waals surface area contributed by atoms with Gasteiger partial charge in [0.1, 0.15) is 6.54 Å². The van der Waals surface area contributed by atoms with E-state index in [0.29, 0.717) is 13.1 Å². The second kappa shape index (κ2) is 6.88. The second-order valence-electron chi connectivity index (χ2n) is 8.06. The van der Waals surface area contributed by atoms with Crippen LogP contribution in [0.4, 0.5) is 0 Å². The topological polar surface area (TPSA) is 64.9 Å². The Morgan fingerprint density at radius 1 is 1.08 bits per heavy atom. The zero-order valence-electron chi connectivity index (χ0n) is 15.2.